The lowest BCUT2D eigenvalue weighted by Gasteiger charge is -2.31. The van der Waals surface area contributed by atoms with Gasteiger partial charge >= 0.3 is 0 Å². The van der Waals surface area contributed by atoms with E-state index < -0.39 is 0 Å². The summed E-state index contributed by atoms with van der Waals surface area (Å²) in [6.07, 6.45) is 5.54. The molecule has 2 rings (SSSR count). The summed E-state index contributed by atoms with van der Waals surface area (Å²) >= 11 is 0. The van der Waals surface area contributed by atoms with E-state index in [1.165, 1.54) is 6.92 Å². The van der Waals surface area contributed by atoms with Crippen molar-refractivity contribution in [1.29, 1.82) is 0 Å². The minimum Gasteiger partial charge on any atom is -0.361 e. The molecule has 2 atom stereocenters. The van der Waals surface area contributed by atoms with Gasteiger partial charge in [0.25, 0.3) is 0 Å². The molecule has 0 spiro atoms. The maximum absolute atomic E-state index is 12.2. The van der Waals surface area contributed by atoms with E-state index in [1.54, 1.807) is 0 Å². The third kappa shape index (κ3) is 7.15. The Labute approximate surface area is 155 Å². The number of piperidine rings is 1. The number of unbranched alkanes of at least 4 members (excludes halogenated alkanes) is 1. The molecule has 2 heterocycles. The fourth-order valence-corrected chi connectivity index (χ4v) is 3.43. The Kier molecular flexibility index (Phi) is 8.61. The maximum atomic E-state index is 12.2. The van der Waals surface area contributed by atoms with E-state index in [1.807, 2.05) is 0 Å². The molecule has 0 saturated carbocycles. The summed E-state index contributed by atoms with van der Waals surface area (Å²) < 4.78 is 5.43. The summed E-state index contributed by atoms with van der Waals surface area (Å²) in [5.74, 6) is 1.65. The number of hydrogen-bond acceptors (Lipinski definition) is 5. The van der Waals surface area contributed by atoms with Crippen molar-refractivity contribution in [3.63, 3.8) is 0 Å². The largest absolute Gasteiger partial charge is 0.361 e. The van der Waals surface area contributed by atoms with Crippen molar-refractivity contribution in [2.75, 3.05) is 26.2 Å². The van der Waals surface area contributed by atoms with E-state index in [4.69, 9.17) is 4.52 Å². The van der Waals surface area contributed by atoms with Crippen molar-refractivity contribution >= 4 is 11.8 Å². The Morgan fingerprint density at radius 3 is 2.88 bits per heavy atom. The number of nitrogens with one attached hydrogen (secondary N) is 3. The summed E-state index contributed by atoms with van der Waals surface area (Å²) in [4.78, 5) is 23.0. The molecule has 1 aromatic rings. The molecule has 0 radical (unpaired) electrons. The highest BCUT2D eigenvalue weighted by Gasteiger charge is 2.28. The highest BCUT2D eigenvalue weighted by molar-refractivity contribution is 5.76. The molecule has 1 aromatic heterocycles. The second-order valence-electron chi connectivity index (χ2n) is 7.14. The number of nitrogens with zero attached hydrogens (tertiary/aromatic N) is 1. The van der Waals surface area contributed by atoms with Crippen LogP contribution < -0.4 is 16.0 Å². The number of aromatic nitrogens is 1. The number of carbonyl (C=O) groups excluding carboxylic acids is 2. The zero-order valence-electron chi connectivity index (χ0n) is 16.0. The average Bonchev–Trinajstić information content (AvgIpc) is 3.06. The Hall–Kier alpha value is -1.89. The minimum atomic E-state index is -0.0800. The Balaban J connectivity index is 1.79. The predicted molar refractivity (Wildman–Crippen MR) is 99.6 cm³/mol. The summed E-state index contributed by atoms with van der Waals surface area (Å²) in [7, 11) is 0. The molecule has 1 saturated heterocycles. The van der Waals surface area contributed by atoms with Crippen LogP contribution in [0, 0.1) is 11.8 Å². The monoisotopic (exact) mass is 364 g/mol. The fraction of sp³-hybridized carbons (Fsp3) is 0.737. The van der Waals surface area contributed by atoms with Gasteiger partial charge in [-0.05, 0) is 44.2 Å². The molecule has 1 aliphatic heterocycles. The van der Waals surface area contributed by atoms with Crippen LogP contribution in [0.2, 0.25) is 0 Å². The van der Waals surface area contributed by atoms with E-state index in [2.05, 4.69) is 34.1 Å². The van der Waals surface area contributed by atoms with Gasteiger partial charge in [-0.15, -0.1) is 0 Å². The van der Waals surface area contributed by atoms with Crippen molar-refractivity contribution in [2.24, 2.45) is 11.8 Å². The van der Waals surface area contributed by atoms with E-state index in [0.29, 0.717) is 31.3 Å². The molecule has 0 aromatic carbocycles. The average molecular weight is 364 g/mol. The molecular weight excluding hydrogens is 332 g/mol. The highest BCUT2D eigenvalue weighted by Crippen LogP contribution is 2.26. The maximum Gasteiger partial charge on any atom is 0.220 e. The third-order valence-corrected chi connectivity index (χ3v) is 4.89. The SMILES string of the molecule is CCCCc1cc(C[C@@H]2CNCC[C@H]2CC(=O)NCCNC(C)=O)no1. The Bertz CT molecular complexity index is 573. The van der Waals surface area contributed by atoms with Crippen LogP contribution in [0.3, 0.4) is 0 Å². The number of amides is 2. The lowest BCUT2D eigenvalue weighted by Crippen LogP contribution is -2.41. The van der Waals surface area contributed by atoms with Gasteiger partial charge in [-0.2, -0.15) is 0 Å². The quantitative estimate of drug-likeness (QED) is 0.546. The van der Waals surface area contributed by atoms with Gasteiger partial charge in [-0.3, -0.25) is 9.59 Å². The smallest absolute Gasteiger partial charge is 0.220 e. The van der Waals surface area contributed by atoms with Gasteiger partial charge in [0.1, 0.15) is 5.76 Å². The van der Waals surface area contributed by atoms with Gasteiger partial charge in [-0.1, -0.05) is 18.5 Å². The first-order chi connectivity index (χ1) is 12.6. The highest BCUT2D eigenvalue weighted by atomic mass is 16.5. The summed E-state index contributed by atoms with van der Waals surface area (Å²) in [6.45, 7) is 6.42. The fourth-order valence-electron chi connectivity index (χ4n) is 3.43. The summed E-state index contributed by atoms with van der Waals surface area (Å²) in [5, 5.41) is 13.2. The molecule has 3 N–H and O–H groups in total. The van der Waals surface area contributed by atoms with Gasteiger partial charge in [0.05, 0.1) is 5.69 Å². The van der Waals surface area contributed by atoms with Gasteiger partial charge in [-0.25, -0.2) is 0 Å². The first-order valence-corrected chi connectivity index (χ1v) is 9.74. The van der Waals surface area contributed by atoms with Crippen molar-refractivity contribution in [3.05, 3.63) is 17.5 Å². The van der Waals surface area contributed by atoms with Crippen LogP contribution in [-0.4, -0.2) is 43.2 Å². The topological polar surface area (TPSA) is 96.3 Å². The van der Waals surface area contributed by atoms with Crippen LogP contribution in [0.4, 0.5) is 0 Å². The number of rotatable bonds is 10. The second kappa shape index (κ2) is 11.0. The second-order valence-corrected chi connectivity index (χ2v) is 7.14. The summed E-state index contributed by atoms with van der Waals surface area (Å²) in [5.41, 5.74) is 0.987. The normalized spacial score (nSPS) is 19.9. The van der Waals surface area contributed by atoms with E-state index in [9.17, 15) is 9.59 Å². The van der Waals surface area contributed by atoms with Gasteiger partial charge in [0.15, 0.2) is 0 Å². The van der Waals surface area contributed by atoms with Gasteiger partial charge in [0.2, 0.25) is 11.8 Å². The molecule has 26 heavy (non-hydrogen) atoms. The molecule has 0 bridgehead atoms. The first-order valence-electron chi connectivity index (χ1n) is 9.74. The molecule has 0 aliphatic carbocycles. The van der Waals surface area contributed by atoms with Crippen molar-refractivity contribution in [2.45, 2.75) is 52.4 Å². The predicted octanol–water partition coefficient (Wildman–Crippen LogP) is 1.43. The molecular formula is C19H32N4O3. The summed E-state index contributed by atoms with van der Waals surface area (Å²) in [6, 6.07) is 2.06. The number of aryl methyl sites for hydroxylation is 1. The van der Waals surface area contributed by atoms with Crippen LogP contribution in [0.5, 0.6) is 0 Å². The molecule has 2 amide bonds. The molecule has 1 aliphatic rings. The lowest BCUT2D eigenvalue weighted by atomic mass is 9.81. The van der Waals surface area contributed by atoms with Crippen molar-refractivity contribution in [3.8, 4) is 0 Å². The standard InChI is InChI=1S/C19H32N4O3/c1-3-4-5-18-12-17(23-26-18)10-16-13-20-7-6-15(16)11-19(25)22-9-8-21-14(2)24/h12,15-16,20H,3-11,13H2,1-2H3,(H,21,24)(H,22,25)/t15-,16+/m0/s1. The zero-order chi connectivity index (χ0) is 18.8. The van der Waals surface area contributed by atoms with Crippen LogP contribution >= 0.6 is 0 Å². The third-order valence-electron chi connectivity index (χ3n) is 4.89. The van der Waals surface area contributed by atoms with Crippen LogP contribution in [0.25, 0.3) is 0 Å². The van der Waals surface area contributed by atoms with E-state index in [-0.39, 0.29) is 11.8 Å². The number of carbonyl (C=O) groups is 2. The molecule has 1 fully saturated rings. The molecule has 0 unspecified atom stereocenters. The zero-order valence-corrected chi connectivity index (χ0v) is 16.0. The van der Waals surface area contributed by atoms with Crippen LogP contribution in [-0.2, 0) is 22.4 Å². The van der Waals surface area contributed by atoms with E-state index in [0.717, 1.165) is 56.6 Å². The molecule has 7 nitrogen and oxygen atoms in total. The Morgan fingerprint density at radius 2 is 2.12 bits per heavy atom. The molecule has 146 valence electrons. The number of hydrogen-bond donors (Lipinski definition) is 3. The first kappa shape index (κ1) is 20.4. The van der Waals surface area contributed by atoms with Crippen LogP contribution in [0.15, 0.2) is 10.6 Å². The van der Waals surface area contributed by atoms with Crippen molar-refractivity contribution in [1.82, 2.24) is 21.1 Å². The van der Waals surface area contributed by atoms with Gasteiger partial charge < -0.3 is 20.5 Å². The Morgan fingerprint density at radius 1 is 1.31 bits per heavy atom. The van der Waals surface area contributed by atoms with Crippen molar-refractivity contribution < 1.29 is 14.1 Å². The van der Waals surface area contributed by atoms with E-state index >= 15 is 0 Å². The van der Waals surface area contributed by atoms with Gasteiger partial charge in [0, 0.05) is 38.9 Å². The minimum absolute atomic E-state index is 0.0519. The van der Waals surface area contributed by atoms with Crippen LogP contribution in [0.1, 0.15) is 51.0 Å². The lowest BCUT2D eigenvalue weighted by molar-refractivity contribution is -0.123. The molecule has 7 heteroatoms.